The summed E-state index contributed by atoms with van der Waals surface area (Å²) in [6.45, 7) is 7.02. The minimum absolute atomic E-state index is 0.636. The summed E-state index contributed by atoms with van der Waals surface area (Å²) in [5, 5.41) is 0. The summed E-state index contributed by atoms with van der Waals surface area (Å²) in [6.07, 6.45) is 6.75. The Morgan fingerprint density at radius 3 is 2.39 bits per heavy atom. The third-order valence-electron chi connectivity index (χ3n) is 5.83. The lowest BCUT2D eigenvalue weighted by Crippen LogP contribution is -2.14. The van der Waals surface area contributed by atoms with Crippen LogP contribution in [-0.4, -0.2) is 0 Å². The lowest BCUT2D eigenvalue weighted by atomic mass is 9.76. The average Bonchev–Trinajstić information content (AvgIpc) is 2.61. The van der Waals surface area contributed by atoms with Gasteiger partial charge in [-0.1, -0.05) is 88.6 Å². The molecule has 3 rings (SSSR count). The zero-order valence-corrected chi connectivity index (χ0v) is 14.9. The zero-order valence-electron chi connectivity index (χ0n) is 14.9. The van der Waals surface area contributed by atoms with E-state index in [0.717, 1.165) is 11.8 Å². The highest BCUT2D eigenvalue weighted by Gasteiger charge is 2.22. The molecule has 23 heavy (non-hydrogen) atoms. The molecule has 0 amide bonds. The van der Waals surface area contributed by atoms with Crippen LogP contribution in [-0.2, 0) is 0 Å². The van der Waals surface area contributed by atoms with Gasteiger partial charge in [0.25, 0.3) is 0 Å². The van der Waals surface area contributed by atoms with Crippen molar-refractivity contribution in [3.05, 3.63) is 59.7 Å². The topological polar surface area (TPSA) is 0 Å². The summed E-state index contributed by atoms with van der Waals surface area (Å²) < 4.78 is 0. The Hall–Kier alpha value is -1.56. The standard InChI is InChI=1S/C23H30/c1-4-17(2)19-10-7-11-20(15-19)21-12-8-13-22(16-21)23-14-6-5-9-18(23)3/h7-8,10-13,15-18,23H,4-6,9,14H2,1-3H3. The monoisotopic (exact) mass is 306 g/mol. The number of rotatable bonds is 4. The van der Waals surface area contributed by atoms with Gasteiger partial charge < -0.3 is 0 Å². The second kappa shape index (κ2) is 7.34. The number of benzene rings is 2. The largest absolute Gasteiger partial charge is 0.0648 e. The van der Waals surface area contributed by atoms with E-state index in [-0.39, 0.29) is 0 Å². The van der Waals surface area contributed by atoms with E-state index in [1.165, 1.54) is 48.8 Å². The van der Waals surface area contributed by atoms with Gasteiger partial charge in [-0.2, -0.15) is 0 Å². The minimum atomic E-state index is 0.636. The third-order valence-corrected chi connectivity index (χ3v) is 5.83. The average molecular weight is 306 g/mol. The van der Waals surface area contributed by atoms with Gasteiger partial charge in [0.15, 0.2) is 0 Å². The molecular formula is C23H30. The highest BCUT2D eigenvalue weighted by atomic mass is 14.3. The van der Waals surface area contributed by atoms with Crippen LogP contribution in [0.5, 0.6) is 0 Å². The summed E-state index contributed by atoms with van der Waals surface area (Å²) >= 11 is 0. The fourth-order valence-corrected chi connectivity index (χ4v) is 4.02. The van der Waals surface area contributed by atoms with Crippen LogP contribution in [0.2, 0.25) is 0 Å². The fourth-order valence-electron chi connectivity index (χ4n) is 4.02. The van der Waals surface area contributed by atoms with Crippen LogP contribution >= 0.6 is 0 Å². The maximum absolute atomic E-state index is 2.45. The van der Waals surface area contributed by atoms with E-state index < -0.39 is 0 Å². The molecule has 1 fully saturated rings. The van der Waals surface area contributed by atoms with Gasteiger partial charge in [-0.05, 0) is 52.8 Å². The molecule has 0 spiro atoms. The molecule has 122 valence electrons. The van der Waals surface area contributed by atoms with Gasteiger partial charge in [-0.15, -0.1) is 0 Å². The third kappa shape index (κ3) is 3.68. The molecular weight excluding hydrogens is 276 g/mol. The molecule has 0 heteroatoms. The van der Waals surface area contributed by atoms with Gasteiger partial charge in [0, 0.05) is 0 Å². The van der Waals surface area contributed by atoms with Gasteiger partial charge in [0.1, 0.15) is 0 Å². The molecule has 0 radical (unpaired) electrons. The van der Waals surface area contributed by atoms with Crippen LogP contribution in [0.15, 0.2) is 48.5 Å². The van der Waals surface area contributed by atoms with Crippen molar-refractivity contribution >= 4 is 0 Å². The molecule has 0 heterocycles. The minimum Gasteiger partial charge on any atom is -0.0648 e. The van der Waals surface area contributed by atoms with E-state index >= 15 is 0 Å². The first-order chi connectivity index (χ1) is 11.2. The molecule has 0 bridgehead atoms. The molecule has 1 aliphatic rings. The highest BCUT2D eigenvalue weighted by Crippen LogP contribution is 2.38. The van der Waals surface area contributed by atoms with Crippen LogP contribution < -0.4 is 0 Å². The maximum atomic E-state index is 2.45. The van der Waals surface area contributed by atoms with Crippen LogP contribution in [0.4, 0.5) is 0 Å². The Morgan fingerprint density at radius 1 is 0.957 bits per heavy atom. The normalized spacial score (nSPS) is 22.7. The molecule has 0 saturated heterocycles. The molecule has 0 aliphatic heterocycles. The number of hydrogen-bond donors (Lipinski definition) is 0. The SMILES string of the molecule is CCC(C)c1cccc(-c2cccc(C3CCCCC3C)c2)c1. The summed E-state index contributed by atoms with van der Waals surface area (Å²) in [5.41, 5.74) is 5.75. The second-order valence-corrected chi connectivity index (χ2v) is 7.43. The summed E-state index contributed by atoms with van der Waals surface area (Å²) in [4.78, 5) is 0. The van der Waals surface area contributed by atoms with Crippen LogP contribution in [0.25, 0.3) is 11.1 Å². The van der Waals surface area contributed by atoms with Crippen molar-refractivity contribution < 1.29 is 0 Å². The predicted molar refractivity (Wildman–Crippen MR) is 101 cm³/mol. The molecule has 2 aromatic rings. The van der Waals surface area contributed by atoms with Crippen molar-refractivity contribution in [1.29, 1.82) is 0 Å². The highest BCUT2D eigenvalue weighted by molar-refractivity contribution is 5.65. The summed E-state index contributed by atoms with van der Waals surface area (Å²) in [7, 11) is 0. The number of hydrogen-bond acceptors (Lipinski definition) is 0. The first kappa shape index (κ1) is 16.3. The van der Waals surface area contributed by atoms with Crippen molar-refractivity contribution in [1.82, 2.24) is 0 Å². The molecule has 2 aromatic carbocycles. The molecule has 0 aromatic heterocycles. The van der Waals surface area contributed by atoms with E-state index in [1.54, 1.807) is 5.56 Å². The fraction of sp³-hybridized carbons (Fsp3) is 0.478. The zero-order chi connectivity index (χ0) is 16.2. The van der Waals surface area contributed by atoms with Gasteiger partial charge >= 0.3 is 0 Å². The van der Waals surface area contributed by atoms with Crippen molar-refractivity contribution in [2.45, 2.75) is 64.7 Å². The Balaban J connectivity index is 1.90. The summed E-state index contributed by atoms with van der Waals surface area (Å²) in [5.74, 6) is 2.21. The first-order valence-corrected chi connectivity index (χ1v) is 9.39. The lowest BCUT2D eigenvalue weighted by molar-refractivity contribution is 0.330. The Morgan fingerprint density at radius 2 is 1.65 bits per heavy atom. The van der Waals surface area contributed by atoms with Gasteiger partial charge in [-0.25, -0.2) is 0 Å². The molecule has 0 nitrogen and oxygen atoms in total. The van der Waals surface area contributed by atoms with E-state index in [1.807, 2.05) is 0 Å². The molecule has 1 saturated carbocycles. The van der Waals surface area contributed by atoms with Gasteiger partial charge in [0.2, 0.25) is 0 Å². The molecule has 1 aliphatic carbocycles. The smallest absolute Gasteiger partial charge is 0.0136 e. The van der Waals surface area contributed by atoms with Crippen LogP contribution in [0, 0.1) is 5.92 Å². The first-order valence-electron chi connectivity index (χ1n) is 9.39. The van der Waals surface area contributed by atoms with E-state index in [2.05, 4.69) is 69.3 Å². The summed E-state index contributed by atoms with van der Waals surface area (Å²) in [6, 6.07) is 18.4. The van der Waals surface area contributed by atoms with Crippen molar-refractivity contribution in [2.24, 2.45) is 5.92 Å². The maximum Gasteiger partial charge on any atom is -0.0136 e. The van der Waals surface area contributed by atoms with Crippen LogP contribution in [0.3, 0.4) is 0 Å². The lowest BCUT2D eigenvalue weighted by Gasteiger charge is -2.29. The van der Waals surface area contributed by atoms with Gasteiger partial charge in [0.05, 0.1) is 0 Å². The van der Waals surface area contributed by atoms with E-state index in [9.17, 15) is 0 Å². The van der Waals surface area contributed by atoms with E-state index in [4.69, 9.17) is 0 Å². The van der Waals surface area contributed by atoms with Crippen molar-refractivity contribution in [3.63, 3.8) is 0 Å². The molecule has 0 N–H and O–H groups in total. The Kier molecular flexibility index (Phi) is 5.20. The Bertz CT molecular complexity index is 640. The predicted octanol–water partition coefficient (Wildman–Crippen LogP) is 7.16. The Labute approximate surface area is 141 Å². The van der Waals surface area contributed by atoms with Crippen molar-refractivity contribution in [3.8, 4) is 11.1 Å². The van der Waals surface area contributed by atoms with E-state index in [0.29, 0.717) is 5.92 Å². The van der Waals surface area contributed by atoms with Crippen LogP contribution in [0.1, 0.15) is 75.8 Å². The second-order valence-electron chi connectivity index (χ2n) is 7.43. The molecule has 3 unspecified atom stereocenters. The molecule has 3 atom stereocenters. The quantitative estimate of drug-likeness (QED) is 0.562. The van der Waals surface area contributed by atoms with Crippen molar-refractivity contribution in [2.75, 3.05) is 0 Å². The van der Waals surface area contributed by atoms with Gasteiger partial charge in [-0.3, -0.25) is 0 Å².